The summed E-state index contributed by atoms with van der Waals surface area (Å²) in [6.07, 6.45) is 5.77. The first-order valence-corrected chi connectivity index (χ1v) is 13.5. The van der Waals surface area contributed by atoms with Crippen molar-refractivity contribution < 1.29 is 13.9 Å². The topological polar surface area (TPSA) is 70.2 Å². The second kappa shape index (κ2) is 12.1. The Bertz CT molecular complexity index is 1370. The van der Waals surface area contributed by atoms with Gasteiger partial charge >= 0.3 is 0 Å². The molecule has 0 spiro atoms. The van der Waals surface area contributed by atoms with Crippen molar-refractivity contribution in [1.82, 2.24) is 14.9 Å². The predicted octanol–water partition coefficient (Wildman–Crippen LogP) is 6.38. The summed E-state index contributed by atoms with van der Waals surface area (Å²) in [5.74, 6) is 2.54. The Morgan fingerprint density at radius 2 is 1.89 bits per heavy atom. The number of rotatable bonds is 5. The number of hydrogen-bond donors (Lipinski definition) is 2. The minimum Gasteiger partial charge on any atom is -0.496 e. The van der Waals surface area contributed by atoms with E-state index in [4.69, 9.17) is 4.74 Å². The molecule has 5 rings (SSSR count). The van der Waals surface area contributed by atoms with E-state index in [1.165, 1.54) is 11.0 Å². The number of anilines is 1. The number of thioether (sulfide) groups is 1. The van der Waals surface area contributed by atoms with Crippen LogP contribution >= 0.6 is 11.8 Å². The summed E-state index contributed by atoms with van der Waals surface area (Å²) in [6, 6.07) is 15.5. The Morgan fingerprint density at radius 3 is 2.62 bits per heavy atom. The van der Waals surface area contributed by atoms with E-state index in [2.05, 4.69) is 27.4 Å². The van der Waals surface area contributed by atoms with Gasteiger partial charge in [0.2, 0.25) is 0 Å². The average Bonchev–Trinajstić information content (AvgIpc) is 3.34. The van der Waals surface area contributed by atoms with Crippen LogP contribution in [0.2, 0.25) is 0 Å². The quantitative estimate of drug-likeness (QED) is 0.319. The number of aryl methyl sites for hydroxylation is 1. The summed E-state index contributed by atoms with van der Waals surface area (Å²) in [4.78, 5) is 21.2. The fourth-order valence-corrected chi connectivity index (χ4v) is 5.50. The molecule has 1 amide bonds. The molecule has 6 nitrogen and oxygen atoms in total. The van der Waals surface area contributed by atoms with Crippen molar-refractivity contribution >= 4 is 34.4 Å². The van der Waals surface area contributed by atoms with E-state index in [1.54, 1.807) is 40.4 Å². The first-order valence-electron chi connectivity index (χ1n) is 12.3. The van der Waals surface area contributed by atoms with Gasteiger partial charge in [-0.2, -0.15) is 11.8 Å². The van der Waals surface area contributed by atoms with Crippen molar-refractivity contribution in [3.8, 4) is 16.9 Å². The third kappa shape index (κ3) is 6.25. The van der Waals surface area contributed by atoms with Crippen molar-refractivity contribution in [1.29, 1.82) is 0 Å². The molecule has 2 aromatic heterocycles. The minimum atomic E-state index is -0.339. The highest BCUT2D eigenvalue weighted by Gasteiger charge is 2.21. The summed E-state index contributed by atoms with van der Waals surface area (Å²) in [5.41, 5.74) is 4.63. The van der Waals surface area contributed by atoms with E-state index in [0.29, 0.717) is 11.3 Å². The van der Waals surface area contributed by atoms with E-state index < -0.39 is 0 Å². The number of aromatic amines is 1. The average molecular weight is 521 g/mol. The molecule has 0 bridgehead atoms. The molecular weight excluding hydrogens is 487 g/mol. The van der Waals surface area contributed by atoms with Gasteiger partial charge in [0, 0.05) is 49.0 Å². The lowest BCUT2D eigenvalue weighted by Gasteiger charge is -2.26. The second-order valence-corrected chi connectivity index (χ2v) is 10.4. The predicted molar refractivity (Wildman–Crippen MR) is 151 cm³/mol. The number of para-hydroxylation sites is 1. The molecule has 2 N–H and O–H groups in total. The number of benzene rings is 2. The highest BCUT2D eigenvalue weighted by atomic mass is 32.2. The van der Waals surface area contributed by atoms with Crippen LogP contribution in [0.25, 0.3) is 22.2 Å². The number of methoxy groups -OCH3 is 1. The molecule has 0 saturated carbocycles. The van der Waals surface area contributed by atoms with Crippen LogP contribution in [0.4, 0.5) is 10.1 Å². The van der Waals surface area contributed by atoms with Crippen LogP contribution < -0.4 is 10.1 Å². The molecule has 37 heavy (non-hydrogen) atoms. The number of H-pyrrole nitrogens is 1. The van der Waals surface area contributed by atoms with Crippen LogP contribution in [0.15, 0.2) is 60.9 Å². The van der Waals surface area contributed by atoms with Gasteiger partial charge in [0.1, 0.15) is 17.2 Å². The van der Waals surface area contributed by atoms with Crippen LogP contribution in [-0.4, -0.2) is 59.5 Å². The van der Waals surface area contributed by atoms with Gasteiger partial charge in [0.05, 0.1) is 18.4 Å². The molecule has 194 valence electrons. The lowest BCUT2D eigenvalue weighted by atomic mass is 10.0. The van der Waals surface area contributed by atoms with Crippen molar-refractivity contribution in [3.63, 3.8) is 0 Å². The second-order valence-electron chi connectivity index (χ2n) is 9.20. The molecular formula is C29H33FN4O2S. The highest BCUT2D eigenvalue weighted by molar-refractivity contribution is 7.99. The van der Waals surface area contributed by atoms with Crippen LogP contribution in [0.3, 0.4) is 0 Å². The van der Waals surface area contributed by atoms with Crippen LogP contribution in [0, 0.1) is 12.7 Å². The van der Waals surface area contributed by atoms with E-state index >= 15 is 0 Å². The first kappa shape index (κ1) is 26.5. The number of nitrogens with one attached hydrogen (secondary N) is 2. The number of hydrogen-bond acceptors (Lipinski definition) is 5. The lowest BCUT2D eigenvalue weighted by molar-refractivity contribution is 0.0828. The zero-order chi connectivity index (χ0) is 26.4. The van der Waals surface area contributed by atoms with E-state index in [1.807, 2.05) is 42.2 Å². The van der Waals surface area contributed by atoms with Gasteiger partial charge in [0.15, 0.2) is 0 Å². The molecule has 1 saturated heterocycles. The SMILES string of the molecule is COc1ccccc1-c1c[nH]c2ncccc12.Cc1cc(F)c(NC2CCSCC2)c(C(=O)N(C)C)c1. The van der Waals surface area contributed by atoms with Gasteiger partial charge in [-0.25, -0.2) is 9.37 Å². The van der Waals surface area contributed by atoms with Crippen molar-refractivity contribution in [3.05, 3.63) is 77.9 Å². The number of halogens is 1. The molecule has 0 aliphatic carbocycles. The van der Waals surface area contributed by atoms with Crippen molar-refractivity contribution in [2.45, 2.75) is 25.8 Å². The maximum atomic E-state index is 14.3. The van der Waals surface area contributed by atoms with Crippen LogP contribution in [-0.2, 0) is 0 Å². The summed E-state index contributed by atoms with van der Waals surface area (Å²) in [5, 5.41) is 4.35. The Balaban J connectivity index is 0.000000175. The Hall–Kier alpha value is -3.52. The number of amides is 1. The highest BCUT2D eigenvalue weighted by Crippen LogP contribution is 2.34. The van der Waals surface area contributed by atoms with Gasteiger partial charge in [0.25, 0.3) is 5.91 Å². The smallest absolute Gasteiger partial charge is 0.255 e. The van der Waals surface area contributed by atoms with Gasteiger partial charge in [-0.15, -0.1) is 0 Å². The molecule has 1 aliphatic rings. The lowest BCUT2D eigenvalue weighted by Crippen LogP contribution is -2.28. The maximum absolute atomic E-state index is 14.3. The normalized spacial score (nSPS) is 13.5. The molecule has 0 unspecified atom stereocenters. The molecule has 1 aliphatic heterocycles. The number of ether oxygens (including phenoxy) is 1. The first-order chi connectivity index (χ1) is 17.9. The number of carbonyl (C=O) groups is 1. The van der Waals surface area contributed by atoms with E-state index in [0.717, 1.165) is 57.8 Å². The molecule has 0 radical (unpaired) electrons. The van der Waals surface area contributed by atoms with E-state index in [9.17, 15) is 9.18 Å². The Morgan fingerprint density at radius 1 is 1.14 bits per heavy atom. The maximum Gasteiger partial charge on any atom is 0.255 e. The van der Waals surface area contributed by atoms with Gasteiger partial charge < -0.3 is 19.9 Å². The number of carbonyl (C=O) groups excluding carboxylic acids is 1. The molecule has 4 aromatic rings. The molecule has 8 heteroatoms. The Kier molecular flexibility index (Phi) is 8.71. The minimum absolute atomic E-state index is 0.166. The summed E-state index contributed by atoms with van der Waals surface area (Å²) < 4.78 is 19.6. The fraction of sp³-hybridized carbons (Fsp3) is 0.310. The monoisotopic (exact) mass is 520 g/mol. The van der Waals surface area contributed by atoms with Gasteiger partial charge in [-0.1, -0.05) is 18.2 Å². The number of nitrogens with zero attached hydrogens (tertiary/aromatic N) is 2. The zero-order valence-electron chi connectivity index (χ0n) is 21.7. The molecule has 3 heterocycles. The molecule has 0 atom stereocenters. The Labute approximate surface area is 221 Å². The fourth-order valence-electron chi connectivity index (χ4n) is 4.39. The van der Waals surface area contributed by atoms with Gasteiger partial charge in [-0.05, 0) is 67.2 Å². The molecule has 1 fully saturated rings. The number of aromatic nitrogens is 2. The van der Waals surface area contributed by atoms with Crippen LogP contribution in [0.5, 0.6) is 5.75 Å². The third-order valence-corrected chi connectivity index (χ3v) is 7.34. The van der Waals surface area contributed by atoms with Crippen LogP contribution in [0.1, 0.15) is 28.8 Å². The number of pyridine rings is 1. The van der Waals surface area contributed by atoms with Gasteiger partial charge in [-0.3, -0.25) is 4.79 Å². The number of fused-ring (bicyclic) bond motifs is 1. The summed E-state index contributed by atoms with van der Waals surface area (Å²) in [7, 11) is 5.05. The molecule has 2 aromatic carbocycles. The van der Waals surface area contributed by atoms with Crippen molar-refractivity contribution in [2.75, 3.05) is 38.0 Å². The third-order valence-electron chi connectivity index (χ3n) is 6.29. The van der Waals surface area contributed by atoms with Crippen molar-refractivity contribution in [2.24, 2.45) is 0 Å². The standard InChI is InChI=1S/C15H21FN2OS.C14H12N2O/c1-10-8-12(15(19)18(2)3)14(13(16)9-10)17-11-4-6-20-7-5-11;1-17-13-7-3-2-5-10(13)12-9-16-14-11(12)6-4-8-15-14/h8-9,11,17H,4-7H2,1-3H3;2-9H,1H3,(H,15,16). The summed E-state index contributed by atoms with van der Waals surface area (Å²) in [6.45, 7) is 1.80. The van der Waals surface area contributed by atoms with E-state index in [-0.39, 0.29) is 17.8 Å². The zero-order valence-corrected chi connectivity index (χ0v) is 22.5. The largest absolute Gasteiger partial charge is 0.496 e. The summed E-state index contributed by atoms with van der Waals surface area (Å²) >= 11 is 1.92.